The standard InChI is InChI=1S/C17H13BrFN3O3/c1-25-13-6-3-10(4-7-13)16-15(17(23)24)20-21-22(16)9-11-2-5-12(18)8-14(11)19/h2-8H,9H2,1H3,(H,23,24). The van der Waals surface area contributed by atoms with Crippen molar-refractivity contribution in [2.75, 3.05) is 7.11 Å². The number of ether oxygens (including phenoxy) is 1. The Balaban J connectivity index is 2.06. The summed E-state index contributed by atoms with van der Waals surface area (Å²) in [6, 6.07) is 11.5. The topological polar surface area (TPSA) is 77.2 Å². The van der Waals surface area contributed by atoms with Crippen LogP contribution in [0.15, 0.2) is 46.9 Å². The zero-order chi connectivity index (χ0) is 18.0. The first-order chi connectivity index (χ1) is 12.0. The van der Waals surface area contributed by atoms with E-state index >= 15 is 0 Å². The number of carbonyl (C=O) groups is 1. The first-order valence-electron chi connectivity index (χ1n) is 7.24. The minimum atomic E-state index is -1.20. The molecule has 0 aliphatic heterocycles. The molecule has 0 radical (unpaired) electrons. The third-order valence-electron chi connectivity index (χ3n) is 3.64. The summed E-state index contributed by atoms with van der Waals surface area (Å²) in [5.74, 6) is -0.977. The lowest BCUT2D eigenvalue weighted by molar-refractivity contribution is 0.0691. The van der Waals surface area contributed by atoms with Crippen LogP contribution < -0.4 is 4.74 Å². The number of hydrogen-bond donors (Lipinski definition) is 1. The first kappa shape index (κ1) is 17.1. The van der Waals surface area contributed by atoms with E-state index < -0.39 is 11.8 Å². The maximum Gasteiger partial charge on any atom is 0.358 e. The van der Waals surface area contributed by atoms with Gasteiger partial charge < -0.3 is 9.84 Å². The Kier molecular flexibility index (Phi) is 4.80. The average Bonchev–Trinajstić information content (AvgIpc) is 3.01. The maximum absolute atomic E-state index is 14.1. The van der Waals surface area contributed by atoms with Crippen molar-refractivity contribution in [2.24, 2.45) is 0 Å². The SMILES string of the molecule is COc1ccc(-c2c(C(=O)O)nnn2Cc2ccc(Br)cc2F)cc1. The van der Waals surface area contributed by atoms with Crippen LogP contribution in [0.5, 0.6) is 5.75 Å². The number of carboxylic acids is 1. The van der Waals surface area contributed by atoms with Crippen LogP contribution in [-0.2, 0) is 6.54 Å². The third kappa shape index (κ3) is 3.53. The third-order valence-corrected chi connectivity index (χ3v) is 4.13. The van der Waals surface area contributed by atoms with Gasteiger partial charge in [0.15, 0.2) is 5.69 Å². The van der Waals surface area contributed by atoms with E-state index in [1.54, 1.807) is 43.5 Å². The Morgan fingerprint density at radius 1 is 1.28 bits per heavy atom. The molecule has 6 nitrogen and oxygen atoms in total. The van der Waals surface area contributed by atoms with Crippen LogP contribution in [-0.4, -0.2) is 33.2 Å². The summed E-state index contributed by atoms with van der Waals surface area (Å²) in [5, 5.41) is 17.0. The number of benzene rings is 2. The molecule has 25 heavy (non-hydrogen) atoms. The van der Waals surface area contributed by atoms with Crippen molar-refractivity contribution in [1.29, 1.82) is 0 Å². The number of hydrogen-bond acceptors (Lipinski definition) is 4. The van der Waals surface area contributed by atoms with Crippen molar-refractivity contribution in [3.8, 4) is 17.0 Å². The number of carboxylic acid groups (broad SMARTS) is 1. The largest absolute Gasteiger partial charge is 0.497 e. The molecule has 0 aliphatic carbocycles. The van der Waals surface area contributed by atoms with Gasteiger partial charge in [0, 0.05) is 15.6 Å². The number of methoxy groups -OCH3 is 1. The van der Waals surface area contributed by atoms with Crippen molar-refractivity contribution in [3.63, 3.8) is 0 Å². The Labute approximate surface area is 151 Å². The van der Waals surface area contributed by atoms with Gasteiger partial charge in [-0.15, -0.1) is 5.10 Å². The first-order valence-corrected chi connectivity index (χ1v) is 8.04. The zero-order valence-electron chi connectivity index (χ0n) is 13.1. The van der Waals surface area contributed by atoms with Gasteiger partial charge in [-0.2, -0.15) is 0 Å². The van der Waals surface area contributed by atoms with Gasteiger partial charge in [0.05, 0.1) is 13.7 Å². The molecule has 0 unspecified atom stereocenters. The highest BCUT2D eigenvalue weighted by atomic mass is 79.9. The molecule has 3 aromatic rings. The molecule has 0 atom stereocenters. The zero-order valence-corrected chi connectivity index (χ0v) is 14.7. The average molecular weight is 406 g/mol. The van der Waals surface area contributed by atoms with Crippen molar-refractivity contribution >= 4 is 21.9 Å². The fourth-order valence-corrected chi connectivity index (χ4v) is 2.75. The maximum atomic E-state index is 14.1. The van der Waals surface area contributed by atoms with Gasteiger partial charge in [0.25, 0.3) is 0 Å². The summed E-state index contributed by atoms with van der Waals surface area (Å²) < 4.78 is 21.2. The van der Waals surface area contributed by atoms with E-state index in [0.29, 0.717) is 27.0 Å². The molecule has 0 fully saturated rings. The molecule has 0 saturated carbocycles. The number of rotatable bonds is 5. The summed E-state index contributed by atoms with van der Waals surface area (Å²) in [5.41, 5.74) is 1.08. The Bertz CT molecular complexity index is 925. The minimum absolute atomic E-state index is 0.0563. The van der Waals surface area contributed by atoms with Crippen molar-refractivity contribution in [2.45, 2.75) is 6.54 Å². The van der Waals surface area contributed by atoms with Gasteiger partial charge in [0.2, 0.25) is 0 Å². The van der Waals surface area contributed by atoms with E-state index in [4.69, 9.17) is 4.74 Å². The quantitative estimate of drug-likeness (QED) is 0.701. The van der Waals surface area contributed by atoms with Crippen LogP contribution in [0.2, 0.25) is 0 Å². The predicted octanol–water partition coefficient (Wildman–Crippen LogP) is 3.60. The van der Waals surface area contributed by atoms with Crippen molar-refractivity contribution < 1.29 is 19.0 Å². The van der Waals surface area contributed by atoms with Gasteiger partial charge in [-0.25, -0.2) is 13.9 Å². The molecule has 0 spiro atoms. The van der Waals surface area contributed by atoms with Gasteiger partial charge >= 0.3 is 5.97 Å². The summed E-state index contributed by atoms with van der Waals surface area (Å²) in [4.78, 5) is 11.5. The number of nitrogens with zero attached hydrogens (tertiary/aromatic N) is 3. The lowest BCUT2D eigenvalue weighted by Gasteiger charge is -2.09. The summed E-state index contributed by atoms with van der Waals surface area (Å²) in [6.07, 6.45) is 0. The normalized spacial score (nSPS) is 10.7. The highest BCUT2D eigenvalue weighted by Crippen LogP contribution is 2.26. The van der Waals surface area contributed by atoms with Crippen LogP contribution in [0.1, 0.15) is 16.1 Å². The fourth-order valence-electron chi connectivity index (χ4n) is 2.41. The van der Waals surface area contributed by atoms with Crippen LogP contribution in [0, 0.1) is 5.82 Å². The molecule has 3 rings (SSSR count). The lowest BCUT2D eigenvalue weighted by Crippen LogP contribution is -2.07. The minimum Gasteiger partial charge on any atom is -0.497 e. The Morgan fingerprint density at radius 2 is 2.00 bits per heavy atom. The molecule has 128 valence electrons. The van der Waals surface area contributed by atoms with Crippen LogP contribution in [0.25, 0.3) is 11.3 Å². The summed E-state index contributed by atoms with van der Waals surface area (Å²) in [6.45, 7) is 0.0563. The second-order valence-electron chi connectivity index (χ2n) is 5.21. The van der Waals surface area contributed by atoms with E-state index in [1.165, 1.54) is 10.7 Å². The molecule has 8 heteroatoms. The van der Waals surface area contributed by atoms with Crippen LogP contribution in [0.3, 0.4) is 0 Å². The molecule has 0 amide bonds. The van der Waals surface area contributed by atoms with Crippen LogP contribution >= 0.6 is 15.9 Å². The highest BCUT2D eigenvalue weighted by Gasteiger charge is 2.21. The van der Waals surface area contributed by atoms with E-state index in [2.05, 4.69) is 26.2 Å². The second-order valence-corrected chi connectivity index (χ2v) is 6.13. The summed E-state index contributed by atoms with van der Waals surface area (Å²) >= 11 is 3.21. The van der Waals surface area contributed by atoms with Crippen molar-refractivity contribution in [3.05, 3.63) is 64.0 Å². The second kappa shape index (κ2) is 7.02. The van der Waals surface area contributed by atoms with E-state index in [-0.39, 0.29) is 12.2 Å². The van der Waals surface area contributed by atoms with Crippen LogP contribution in [0.4, 0.5) is 4.39 Å². The lowest BCUT2D eigenvalue weighted by atomic mass is 10.1. The smallest absolute Gasteiger partial charge is 0.358 e. The number of halogens is 2. The monoisotopic (exact) mass is 405 g/mol. The molecule has 0 saturated heterocycles. The highest BCUT2D eigenvalue weighted by molar-refractivity contribution is 9.10. The molecular weight excluding hydrogens is 393 g/mol. The number of aromatic nitrogens is 3. The summed E-state index contributed by atoms with van der Waals surface area (Å²) in [7, 11) is 1.54. The molecule has 1 N–H and O–H groups in total. The van der Waals surface area contributed by atoms with Gasteiger partial charge in [-0.05, 0) is 36.4 Å². The Hall–Kier alpha value is -2.74. The van der Waals surface area contributed by atoms with Gasteiger partial charge in [-0.3, -0.25) is 0 Å². The van der Waals surface area contributed by atoms with Gasteiger partial charge in [0.1, 0.15) is 17.3 Å². The van der Waals surface area contributed by atoms with E-state index in [9.17, 15) is 14.3 Å². The van der Waals surface area contributed by atoms with E-state index in [1.807, 2.05) is 0 Å². The number of aromatic carboxylic acids is 1. The van der Waals surface area contributed by atoms with Crippen molar-refractivity contribution in [1.82, 2.24) is 15.0 Å². The molecular formula is C17H13BrFN3O3. The van der Waals surface area contributed by atoms with Gasteiger partial charge in [-0.1, -0.05) is 27.2 Å². The Morgan fingerprint density at radius 3 is 2.60 bits per heavy atom. The fraction of sp³-hybridized carbons (Fsp3) is 0.118. The molecule has 1 heterocycles. The molecule has 2 aromatic carbocycles. The van der Waals surface area contributed by atoms with E-state index in [0.717, 1.165) is 0 Å². The molecule has 0 aliphatic rings. The molecule has 1 aromatic heterocycles. The predicted molar refractivity (Wildman–Crippen MR) is 92.2 cm³/mol. The molecule has 0 bridgehead atoms.